The number of aliphatic hydroxyl groups is 1. The summed E-state index contributed by atoms with van der Waals surface area (Å²) in [7, 11) is 0. The minimum absolute atomic E-state index is 0.212. The average Bonchev–Trinajstić information content (AvgIpc) is 2.69. The fraction of sp³-hybridized carbons (Fsp3) is 0.533. The summed E-state index contributed by atoms with van der Waals surface area (Å²) in [6.45, 7) is 13.5. The van der Waals surface area contributed by atoms with Crippen molar-refractivity contribution in [1.82, 2.24) is 10.2 Å². The quantitative estimate of drug-likeness (QED) is 0.771. The first-order valence-electron chi connectivity index (χ1n) is 6.63. The lowest BCUT2D eigenvalue weighted by molar-refractivity contribution is 0.0270. The number of nitrogens with zero attached hydrogens (tertiary/aromatic N) is 1. The minimum atomic E-state index is -0.621. The first-order valence-corrected chi connectivity index (χ1v) is 6.63. The zero-order chi connectivity index (χ0) is 15.3. The summed E-state index contributed by atoms with van der Waals surface area (Å²) in [5.41, 5.74) is 0.240. The molecule has 1 aliphatic heterocycles. The highest BCUT2D eigenvalue weighted by molar-refractivity contribution is 5.68. The Morgan fingerprint density at radius 1 is 1.45 bits per heavy atom. The fourth-order valence-electron chi connectivity index (χ4n) is 1.77. The van der Waals surface area contributed by atoms with Crippen LogP contribution in [0.5, 0.6) is 0 Å². The SMILES string of the molecule is C=CC(=C)/C=C\N[C@H]1CN(C(=O)OC(C)(C)C)CC1O. The van der Waals surface area contributed by atoms with Crippen molar-refractivity contribution in [2.45, 2.75) is 38.5 Å². The van der Waals surface area contributed by atoms with E-state index in [1.165, 1.54) is 4.90 Å². The van der Waals surface area contributed by atoms with Crippen LogP contribution in [-0.4, -0.2) is 46.9 Å². The molecule has 2 atom stereocenters. The number of aliphatic hydroxyl groups excluding tert-OH is 1. The summed E-state index contributed by atoms with van der Waals surface area (Å²) < 4.78 is 5.28. The Kier molecular flexibility index (Phi) is 5.39. The molecule has 0 saturated carbocycles. The van der Waals surface area contributed by atoms with Crippen molar-refractivity contribution < 1.29 is 14.6 Å². The molecule has 0 aromatic rings. The molecule has 1 heterocycles. The predicted molar refractivity (Wildman–Crippen MR) is 79.2 cm³/mol. The number of hydrogen-bond donors (Lipinski definition) is 2. The smallest absolute Gasteiger partial charge is 0.410 e. The van der Waals surface area contributed by atoms with E-state index in [1.54, 1.807) is 18.4 Å². The summed E-state index contributed by atoms with van der Waals surface area (Å²) in [5, 5.41) is 13.0. The second kappa shape index (κ2) is 6.61. The number of hydrogen-bond acceptors (Lipinski definition) is 4. The van der Waals surface area contributed by atoms with E-state index in [9.17, 15) is 9.90 Å². The summed E-state index contributed by atoms with van der Waals surface area (Å²) in [6, 6.07) is -0.212. The third kappa shape index (κ3) is 5.09. The Balaban J connectivity index is 2.50. The van der Waals surface area contributed by atoms with Gasteiger partial charge in [0.1, 0.15) is 5.60 Å². The number of allylic oxidation sites excluding steroid dienone is 3. The number of carbonyl (C=O) groups is 1. The van der Waals surface area contributed by atoms with Crippen molar-refractivity contribution in [3.8, 4) is 0 Å². The summed E-state index contributed by atoms with van der Waals surface area (Å²) in [5.74, 6) is 0. The first-order chi connectivity index (χ1) is 9.23. The molecular formula is C15H24N2O3. The molecule has 112 valence electrons. The van der Waals surface area contributed by atoms with Crippen LogP contribution in [0.1, 0.15) is 20.8 Å². The van der Waals surface area contributed by atoms with Gasteiger partial charge < -0.3 is 20.1 Å². The molecule has 2 N–H and O–H groups in total. The third-order valence-corrected chi connectivity index (χ3v) is 2.81. The van der Waals surface area contributed by atoms with Gasteiger partial charge in [-0.2, -0.15) is 0 Å². The molecule has 0 aromatic heterocycles. The van der Waals surface area contributed by atoms with Crippen LogP contribution >= 0.6 is 0 Å². The zero-order valence-corrected chi connectivity index (χ0v) is 12.4. The van der Waals surface area contributed by atoms with Crippen LogP contribution in [0.4, 0.5) is 4.79 Å². The lowest BCUT2D eigenvalue weighted by Gasteiger charge is -2.24. The highest BCUT2D eigenvalue weighted by atomic mass is 16.6. The molecule has 1 aliphatic rings. The molecule has 5 heteroatoms. The molecule has 0 aliphatic carbocycles. The van der Waals surface area contributed by atoms with Gasteiger partial charge in [0.2, 0.25) is 0 Å². The van der Waals surface area contributed by atoms with Crippen LogP contribution in [-0.2, 0) is 4.74 Å². The predicted octanol–water partition coefficient (Wildman–Crippen LogP) is 1.81. The van der Waals surface area contributed by atoms with Crippen LogP contribution in [0.25, 0.3) is 0 Å². The lowest BCUT2D eigenvalue weighted by Crippen LogP contribution is -2.37. The Labute approximate surface area is 120 Å². The van der Waals surface area contributed by atoms with Crippen LogP contribution < -0.4 is 5.32 Å². The Bertz CT molecular complexity index is 410. The van der Waals surface area contributed by atoms with Crippen LogP contribution in [0.15, 0.2) is 37.1 Å². The van der Waals surface area contributed by atoms with Gasteiger partial charge in [-0.05, 0) is 38.6 Å². The van der Waals surface area contributed by atoms with E-state index < -0.39 is 17.8 Å². The minimum Gasteiger partial charge on any atom is -0.444 e. The summed E-state index contributed by atoms with van der Waals surface area (Å²) in [6.07, 6.45) is 4.08. The van der Waals surface area contributed by atoms with Crippen molar-refractivity contribution in [1.29, 1.82) is 0 Å². The summed E-state index contributed by atoms with van der Waals surface area (Å²) >= 11 is 0. The molecule has 0 aromatic carbocycles. The van der Waals surface area contributed by atoms with Gasteiger partial charge in [-0.25, -0.2) is 4.79 Å². The van der Waals surface area contributed by atoms with Crippen LogP contribution in [0, 0.1) is 0 Å². The second-order valence-corrected chi connectivity index (χ2v) is 5.84. The highest BCUT2D eigenvalue weighted by Crippen LogP contribution is 2.15. The van der Waals surface area contributed by atoms with E-state index >= 15 is 0 Å². The van der Waals surface area contributed by atoms with Crippen molar-refractivity contribution in [2.75, 3.05) is 13.1 Å². The molecule has 1 saturated heterocycles. The largest absolute Gasteiger partial charge is 0.444 e. The standard InChI is InChI=1S/C15H24N2O3/c1-6-11(2)7-8-16-12-9-17(10-13(12)18)14(19)20-15(3,4)5/h6-8,12-13,16,18H,1-2,9-10H2,3-5H3/b8-7-/t12-,13?/m0/s1. The Morgan fingerprint density at radius 3 is 2.65 bits per heavy atom. The van der Waals surface area contributed by atoms with Crippen molar-refractivity contribution in [2.24, 2.45) is 0 Å². The van der Waals surface area contributed by atoms with Crippen LogP contribution in [0.2, 0.25) is 0 Å². The maximum Gasteiger partial charge on any atom is 0.410 e. The lowest BCUT2D eigenvalue weighted by atomic mass is 10.2. The van der Waals surface area contributed by atoms with Gasteiger partial charge >= 0.3 is 6.09 Å². The molecule has 0 spiro atoms. The molecule has 20 heavy (non-hydrogen) atoms. The molecule has 1 unspecified atom stereocenters. The third-order valence-electron chi connectivity index (χ3n) is 2.81. The maximum absolute atomic E-state index is 11.9. The number of ether oxygens (including phenoxy) is 1. The Hall–Kier alpha value is -1.75. The topological polar surface area (TPSA) is 61.8 Å². The van der Waals surface area contributed by atoms with Gasteiger partial charge in [-0.15, -0.1) is 0 Å². The number of rotatable bonds is 4. The molecule has 1 rings (SSSR count). The van der Waals surface area contributed by atoms with Gasteiger partial charge in [0.15, 0.2) is 0 Å². The molecule has 5 nitrogen and oxygen atoms in total. The van der Waals surface area contributed by atoms with Gasteiger partial charge in [-0.3, -0.25) is 0 Å². The van der Waals surface area contributed by atoms with E-state index in [0.29, 0.717) is 6.54 Å². The van der Waals surface area contributed by atoms with Crippen LogP contribution in [0.3, 0.4) is 0 Å². The van der Waals surface area contributed by atoms with E-state index in [-0.39, 0.29) is 12.6 Å². The van der Waals surface area contributed by atoms with Gasteiger partial charge in [0.25, 0.3) is 0 Å². The van der Waals surface area contributed by atoms with E-state index in [1.807, 2.05) is 20.8 Å². The molecule has 0 bridgehead atoms. The molecular weight excluding hydrogens is 256 g/mol. The number of amides is 1. The number of likely N-dealkylation sites (tertiary alicyclic amines) is 1. The van der Waals surface area contributed by atoms with E-state index in [0.717, 1.165) is 5.57 Å². The van der Waals surface area contributed by atoms with E-state index in [4.69, 9.17) is 4.74 Å². The van der Waals surface area contributed by atoms with Gasteiger partial charge in [0.05, 0.1) is 18.7 Å². The monoisotopic (exact) mass is 280 g/mol. The number of β-amino-alcohol motifs (C(OH)–C–C–N with tert-alkyl or cyclic N) is 1. The van der Waals surface area contributed by atoms with Crippen molar-refractivity contribution in [3.63, 3.8) is 0 Å². The van der Waals surface area contributed by atoms with E-state index in [2.05, 4.69) is 18.5 Å². The maximum atomic E-state index is 11.9. The Morgan fingerprint density at radius 2 is 2.10 bits per heavy atom. The number of nitrogens with one attached hydrogen (secondary N) is 1. The molecule has 1 amide bonds. The zero-order valence-electron chi connectivity index (χ0n) is 12.4. The van der Waals surface area contributed by atoms with Crippen molar-refractivity contribution in [3.05, 3.63) is 37.1 Å². The molecule has 1 fully saturated rings. The average molecular weight is 280 g/mol. The van der Waals surface area contributed by atoms with Crippen molar-refractivity contribution >= 4 is 6.09 Å². The molecule has 0 radical (unpaired) electrons. The number of carbonyl (C=O) groups excluding carboxylic acids is 1. The summed E-state index contributed by atoms with van der Waals surface area (Å²) in [4.78, 5) is 13.4. The second-order valence-electron chi connectivity index (χ2n) is 5.84. The fourth-order valence-corrected chi connectivity index (χ4v) is 1.77. The highest BCUT2D eigenvalue weighted by Gasteiger charge is 2.35. The van der Waals surface area contributed by atoms with Gasteiger partial charge in [0, 0.05) is 6.54 Å². The first kappa shape index (κ1) is 16.3. The normalized spacial score (nSPS) is 22.9. The van der Waals surface area contributed by atoms with Gasteiger partial charge in [-0.1, -0.05) is 19.2 Å².